The van der Waals surface area contributed by atoms with Crippen LogP contribution in [0.4, 0.5) is 0 Å². The molecule has 19 heavy (non-hydrogen) atoms. The number of hydrogen-bond donors (Lipinski definition) is 1. The van der Waals surface area contributed by atoms with E-state index >= 15 is 0 Å². The molecule has 1 fully saturated rings. The summed E-state index contributed by atoms with van der Waals surface area (Å²) in [5, 5.41) is 2.81. The lowest BCUT2D eigenvalue weighted by atomic mass is 10.1. The summed E-state index contributed by atoms with van der Waals surface area (Å²) in [6.07, 6.45) is -0.0790. The minimum atomic E-state index is -0.764. The number of benzene rings is 1. The van der Waals surface area contributed by atoms with Crippen molar-refractivity contribution in [3.05, 3.63) is 35.9 Å². The number of carbonyl (C=O) groups is 3. The first-order chi connectivity index (χ1) is 8.66. The van der Waals surface area contributed by atoms with E-state index in [1.165, 1.54) is 0 Å². The second-order valence-corrected chi connectivity index (χ2v) is 4.90. The van der Waals surface area contributed by atoms with Crippen LogP contribution >= 0.6 is 0 Å². The van der Waals surface area contributed by atoms with Crippen LogP contribution < -0.4 is 5.32 Å². The Balaban J connectivity index is 0.00000180. The average Bonchev–Trinajstić information content (AvgIpc) is 2.53. The zero-order valence-electron chi connectivity index (χ0n) is 10.1. The SMILES string of the molecule is O.O=C1CC(NC(=O)c2ccccc2)C(=O)[CH2][Al][O]1. The molecule has 0 aromatic heterocycles. The number of amides is 1. The highest BCUT2D eigenvalue weighted by Gasteiger charge is 2.28. The molecule has 6 nitrogen and oxygen atoms in total. The van der Waals surface area contributed by atoms with Crippen molar-refractivity contribution in [2.75, 3.05) is 0 Å². The zero-order chi connectivity index (χ0) is 13.0. The summed E-state index contributed by atoms with van der Waals surface area (Å²) in [6.45, 7) is 0. The predicted molar refractivity (Wildman–Crippen MR) is 67.6 cm³/mol. The molecule has 99 valence electrons. The largest absolute Gasteiger partial charge is 0.621 e. The summed E-state index contributed by atoms with van der Waals surface area (Å²) < 4.78 is 4.86. The smallest absolute Gasteiger partial charge is 0.533 e. The fourth-order valence-electron chi connectivity index (χ4n) is 1.65. The van der Waals surface area contributed by atoms with E-state index in [-0.39, 0.29) is 28.9 Å². The number of ketones is 1. The van der Waals surface area contributed by atoms with Crippen LogP contribution in [-0.2, 0) is 13.4 Å². The number of hydrogen-bond acceptors (Lipinski definition) is 4. The van der Waals surface area contributed by atoms with E-state index in [0.29, 0.717) is 5.56 Å². The highest BCUT2D eigenvalue weighted by Crippen LogP contribution is 2.07. The molecule has 1 radical (unpaired) electrons. The van der Waals surface area contributed by atoms with E-state index in [4.69, 9.17) is 3.79 Å². The quantitative estimate of drug-likeness (QED) is 0.737. The maximum absolute atomic E-state index is 11.9. The van der Waals surface area contributed by atoms with Gasteiger partial charge < -0.3 is 14.6 Å². The highest BCUT2D eigenvalue weighted by atomic mass is 27.1. The van der Waals surface area contributed by atoms with Crippen LogP contribution in [-0.4, -0.2) is 44.7 Å². The zero-order valence-corrected chi connectivity index (χ0v) is 11.2. The first-order valence-corrected chi connectivity index (χ1v) is 6.85. The van der Waals surface area contributed by atoms with Crippen LogP contribution in [0.15, 0.2) is 30.3 Å². The van der Waals surface area contributed by atoms with E-state index in [0.717, 1.165) is 0 Å². The first kappa shape index (κ1) is 15.4. The van der Waals surface area contributed by atoms with Gasteiger partial charge >= 0.3 is 15.6 Å². The third-order valence-electron chi connectivity index (χ3n) is 2.60. The first-order valence-electron chi connectivity index (χ1n) is 5.56. The number of Topliss-reactive ketones (excluding diaryl/α,β-unsaturated/α-hetero) is 1. The minimum Gasteiger partial charge on any atom is -0.621 e. The Kier molecular flexibility index (Phi) is 5.70. The third-order valence-corrected chi connectivity index (χ3v) is 3.60. The van der Waals surface area contributed by atoms with Gasteiger partial charge in [0.15, 0.2) is 0 Å². The van der Waals surface area contributed by atoms with Gasteiger partial charge in [-0.25, -0.2) is 0 Å². The molecular weight excluding hydrogens is 265 g/mol. The minimum absolute atomic E-state index is 0. The number of nitrogens with one attached hydrogen (secondary N) is 1. The lowest BCUT2D eigenvalue weighted by Crippen LogP contribution is -2.41. The molecule has 1 atom stereocenters. The van der Waals surface area contributed by atoms with Gasteiger partial charge in [0.2, 0.25) is 0 Å². The van der Waals surface area contributed by atoms with Crippen LogP contribution in [0.25, 0.3) is 0 Å². The highest BCUT2D eigenvalue weighted by molar-refractivity contribution is 6.38. The van der Waals surface area contributed by atoms with Crippen LogP contribution in [0.1, 0.15) is 16.8 Å². The Labute approximate surface area is 116 Å². The fraction of sp³-hybridized carbons (Fsp3) is 0.250. The summed E-state index contributed by atoms with van der Waals surface area (Å²) >= 11 is -0.623. The van der Waals surface area contributed by atoms with Crippen molar-refractivity contribution in [1.82, 2.24) is 5.32 Å². The second-order valence-electron chi connectivity index (χ2n) is 3.92. The van der Waals surface area contributed by atoms with Crippen molar-refractivity contribution in [2.24, 2.45) is 0 Å². The van der Waals surface area contributed by atoms with Crippen LogP contribution in [0, 0.1) is 0 Å². The topological polar surface area (TPSA) is 104 Å². The summed E-state index contributed by atoms with van der Waals surface area (Å²) in [5.41, 5.74) is 0.468. The molecule has 7 heteroatoms. The molecule has 1 amide bonds. The van der Waals surface area contributed by atoms with Crippen molar-refractivity contribution < 1.29 is 23.6 Å². The average molecular weight is 278 g/mol. The molecule has 1 aromatic carbocycles. The van der Waals surface area contributed by atoms with E-state index in [1.807, 2.05) is 0 Å². The van der Waals surface area contributed by atoms with Crippen molar-refractivity contribution in [2.45, 2.75) is 17.7 Å². The lowest BCUT2D eigenvalue weighted by molar-refractivity contribution is -0.135. The molecular formula is C12H13AlNO5. The van der Waals surface area contributed by atoms with Gasteiger partial charge in [-0.2, -0.15) is 0 Å². The van der Waals surface area contributed by atoms with E-state index in [1.54, 1.807) is 30.3 Å². The third kappa shape index (κ3) is 4.17. The molecule has 3 N–H and O–H groups in total. The van der Waals surface area contributed by atoms with Gasteiger partial charge in [-0.3, -0.25) is 14.4 Å². The Hall–Kier alpha value is -1.68. The van der Waals surface area contributed by atoms with Gasteiger partial charge in [-0.05, 0) is 17.4 Å². The normalized spacial score (nSPS) is 18.4. The predicted octanol–water partition coefficient (Wildman–Crippen LogP) is -0.486. The Bertz CT molecular complexity index is 476. The van der Waals surface area contributed by atoms with Gasteiger partial charge in [0.1, 0.15) is 5.78 Å². The summed E-state index contributed by atoms with van der Waals surface area (Å²) in [4.78, 5) is 34.8. The van der Waals surface area contributed by atoms with E-state index in [2.05, 4.69) is 5.32 Å². The van der Waals surface area contributed by atoms with Gasteiger partial charge in [-0.15, -0.1) is 0 Å². The van der Waals surface area contributed by atoms with Crippen LogP contribution in [0.3, 0.4) is 0 Å². The van der Waals surface area contributed by atoms with E-state index in [9.17, 15) is 14.4 Å². The molecule has 0 saturated carbocycles. The molecule has 1 aliphatic heterocycles. The lowest BCUT2D eigenvalue weighted by Gasteiger charge is -2.14. The van der Waals surface area contributed by atoms with Crippen molar-refractivity contribution in [3.8, 4) is 0 Å². The molecule has 1 aliphatic rings. The molecule has 0 aliphatic carbocycles. The standard InChI is InChI=1S/C12H12NO4.Al.H2O/c1-8(14)10(7-11(15)16)13-12(17)9-5-3-2-4-6-9;;/h2-6,10H,1,7H2,(H,13,17)(H,15,16);;1H2/q;+1;/p-1. The molecule has 1 unspecified atom stereocenters. The maximum Gasteiger partial charge on any atom is 0.533 e. The summed E-state index contributed by atoms with van der Waals surface area (Å²) in [6, 6.07) is 7.82. The molecule has 1 saturated heterocycles. The van der Waals surface area contributed by atoms with Crippen molar-refractivity contribution >= 4 is 33.2 Å². The Morgan fingerprint density at radius 3 is 2.63 bits per heavy atom. The molecule has 0 spiro atoms. The Morgan fingerprint density at radius 2 is 1.95 bits per heavy atom. The van der Waals surface area contributed by atoms with Crippen molar-refractivity contribution in [3.63, 3.8) is 0 Å². The maximum atomic E-state index is 11.9. The van der Waals surface area contributed by atoms with Crippen LogP contribution in [0.5, 0.6) is 0 Å². The summed E-state index contributed by atoms with van der Waals surface area (Å²) in [7, 11) is 0. The van der Waals surface area contributed by atoms with Gasteiger partial charge in [0, 0.05) is 5.56 Å². The van der Waals surface area contributed by atoms with Crippen molar-refractivity contribution in [1.29, 1.82) is 0 Å². The van der Waals surface area contributed by atoms with Gasteiger partial charge in [0.05, 0.1) is 12.5 Å². The van der Waals surface area contributed by atoms with Crippen LogP contribution in [0.2, 0.25) is 5.28 Å². The molecule has 1 heterocycles. The molecule has 1 aromatic rings. The monoisotopic (exact) mass is 278 g/mol. The molecule has 0 bridgehead atoms. The molecule has 2 rings (SSSR count). The summed E-state index contributed by atoms with van der Waals surface area (Å²) in [5.74, 6) is -0.909. The number of rotatable bonds is 2. The van der Waals surface area contributed by atoms with Gasteiger partial charge in [-0.1, -0.05) is 18.2 Å². The van der Waals surface area contributed by atoms with Gasteiger partial charge in [0.25, 0.3) is 11.9 Å². The van der Waals surface area contributed by atoms with E-state index < -0.39 is 27.6 Å². The number of carbonyl (C=O) groups excluding carboxylic acids is 3. The fourth-order valence-corrected chi connectivity index (χ4v) is 2.46. The Morgan fingerprint density at radius 1 is 1.26 bits per heavy atom. The second kappa shape index (κ2) is 7.05.